The fourth-order valence-corrected chi connectivity index (χ4v) is 3.40. The molecule has 5 heteroatoms. The second kappa shape index (κ2) is 3.89. The molecule has 0 radical (unpaired) electrons. The molecule has 0 saturated carbocycles. The maximum Gasteiger partial charge on any atom is 0.263 e. The average molecular weight is 302 g/mol. The minimum atomic E-state index is -0.161. The van der Waals surface area contributed by atoms with E-state index in [-0.39, 0.29) is 17.1 Å². The maximum absolute atomic E-state index is 13.0. The molecule has 0 aliphatic heterocycles. The van der Waals surface area contributed by atoms with Crippen LogP contribution in [0.15, 0.2) is 53.5 Å². The molecule has 23 heavy (non-hydrogen) atoms. The van der Waals surface area contributed by atoms with Crippen molar-refractivity contribution in [3.05, 3.63) is 59.0 Å². The minimum absolute atomic E-state index is 0.0950. The summed E-state index contributed by atoms with van der Waals surface area (Å²) >= 11 is 0. The molecule has 110 valence electrons. The fraction of sp³-hybridized carbons (Fsp3) is 0. The van der Waals surface area contributed by atoms with E-state index in [0.29, 0.717) is 21.8 Å². The highest BCUT2D eigenvalue weighted by molar-refractivity contribution is 6.18. The van der Waals surface area contributed by atoms with Crippen LogP contribution in [0.4, 0.5) is 0 Å². The molecule has 3 heterocycles. The Kier molecular flexibility index (Phi) is 2.07. The Balaban J connectivity index is 2.25. The van der Waals surface area contributed by atoms with Gasteiger partial charge in [-0.1, -0.05) is 0 Å². The molecule has 2 aromatic carbocycles. The lowest BCUT2D eigenvalue weighted by molar-refractivity contribution is 0.475. The van der Waals surface area contributed by atoms with Gasteiger partial charge < -0.3 is 10.2 Å². The number of rotatable bonds is 0. The van der Waals surface area contributed by atoms with Crippen molar-refractivity contribution in [3.8, 4) is 11.5 Å². The summed E-state index contributed by atoms with van der Waals surface area (Å²) in [6.45, 7) is 0. The van der Waals surface area contributed by atoms with E-state index in [0.717, 1.165) is 16.3 Å². The molecule has 2 N–H and O–H groups in total. The van der Waals surface area contributed by atoms with E-state index in [1.807, 2.05) is 6.07 Å². The topological polar surface area (TPSA) is 74.8 Å². The third kappa shape index (κ3) is 1.41. The van der Waals surface area contributed by atoms with Crippen LogP contribution in [0.5, 0.6) is 11.5 Å². The maximum atomic E-state index is 13.0. The molecule has 5 aromatic rings. The summed E-state index contributed by atoms with van der Waals surface area (Å²) < 4.78 is 1.63. The van der Waals surface area contributed by atoms with Gasteiger partial charge in [0.2, 0.25) is 0 Å². The van der Waals surface area contributed by atoms with Gasteiger partial charge in [0, 0.05) is 22.4 Å². The molecule has 0 unspecified atom stereocenters. The van der Waals surface area contributed by atoms with Gasteiger partial charge in [-0.15, -0.1) is 0 Å². The zero-order valence-electron chi connectivity index (χ0n) is 11.8. The number of benzene rings is 2. The smallest absolute Gasteiger partial charge is 0.263 e. The van der Waals surface area contributed by atoms with Crippen molar-refractivity contribution in [1.82, 2.24) is 9.38 Å². The normalized spacial score (nSPS) is 12.0. The summed E-state index contributed by atoms with van der Waals surface area (Å²) in [7, 11) is 0. The zero-order valence-corrected chi connectivity index (χ0v) is 11.8. The minimum Gasteiger partial charge on any atom is -0.508 e. The van der Waals surface area contributed by atoms with Crippen LogP contribution in [-0.4, -0.2) is 19.6 Å². The molecule has 0 bridgehead atoms. The summed E-state index contributed by atoms with van der Waals surface area (Å²) in [6, 6.07) is 11.5. The summed E-state index contributed by atoms with van der Waals surface area (Å²) in [5.74, 6) is 0.245. The number of aromatic hydroxyl groups is 2. The van der Waals surface area contributed by atoms with Gasteiger partial charge in [0.05, 0.1) is 21.9 Å². The van der Waals surface area contributed by atoms with Crippen LogP contribution in [0.3, 0.4) is 0 Å². The van der Waals surface area contributed by atoms with Gasteiger partial charge >= 0.3 is 0 Å². The first kappa shape index (κ1) is 12.2. The van der Waals surface area contributed by atoms with Crippen molar-refractivity contribution >= 4 is 38.1 Å². The lowest BCUT2D eigenvalue weighted by Gasteiger charge is -2.05. The zero-order chi connectivity index (χ0) is 15.7. The Morgan fingerprint density at radius 3 is 2.39 bits per heavy atom. The lowest BCUT2D eigenvalue weighted by atomic mass is 10.1. The molecular weight excluding hydrogens is 292 g/mol. The van der Waals surface area contributed by atoms with Crippen molar-refractivity contribution in [2.24, 2.45) is 0 Å². The predicted molar refractivity (Wildman–Crippen MR) is 88.5 cm³/mol. The Hall–Kier alpha value is -3.34. The van der Waals surface area contributed by atoms with Gasteiger partial charge in [-0.05, 0) is 42.5 Å². The van der Waals surface area contributed by atoms with Gasteiger partial charge in [0.15, 0.2) is 0 Å². The number of hydrogen-bond acceptors (Lipinski definition) is 4. The first-order chi connectivity index (χ1) is 11.1. The third-order valence-corrected chi connectivity index (χ3v) is 4.35. The molecule has 0 aliphatic rings. The molecule has 0 atom stereocenters. The van der Waals surface area contributed by atoms with Gasteiger partial charge in [-0.3, -0.25) is 14.2 Å². The fourth-order valence-electron chi connectivity index (χ4n) is 3.40. The van der Waals surface area contributed by atoms with Crippen LogP contribution in [0.1, 0.15) is 0 Å². The largest absolute Gasteiger partial charge is 0.508 e. The van der Waals surface area contributed by atoms with Gasteiger partial charge in [-0.2, -0.15) is 0 Å². The monoisotopic (exact) mass is 302 g/mol. The Morgan fingerprint density at radius 2 is 1.57 bits per heavy atom. The van der Waals surface area contributed by atoms with E-state index in [2.05, 4.69) is 4.98 Å². The van der Waals surface area contributed by atoms with Gasteiger partial charge in [-0.25, -0.2) is 0 Å². The summed E-state index contributed by atoms with van der Waals surface area (Å²) in [5.41, 5.74) is 1.93. The Labute approximate surface area is 129 Å². The Bertz CT molecular complexity index is 1300. The SMILES string of the molecule is O=c1c2ccc(O)cc2c2nccc3c4cc(O)ccc4n1c32. The molecule has 0 aliphatic carbocycles. The number of pyridine rings is 2. The van der Waals surface area contributed by atoms with E-state index in [1.165, 1.54) is 6.07 Å². The van der Waals surface area contributed by atoms with Crippen LogP contribution in [0.2, 0.25) is 0 Å². The molecular formula is C18H10N2O3. The number of nitrogens with zero attached hydrogens (tertiary/aromatic N) is 2. The third-order valence-electron chi connectivity index (χ3n) is 4.35. The number of fused-ring (bicyclic) bond motifs is 5. The quantitative estimate of drug-likeness (QED) is 0.431. The number of hydrogen-bond donors (Lipinski definition) is 2. The molecule has 0 saturated heterocycles. The lowest BCUT2D eigenvalue weighted by Crippen LogP contribution is -2.13. The van der Waals surface area contributed by atoms with E-state index < -0.39 is 0 Å². The first-order valence-corrected chi connectivity index (χ1v) is 7.15. The van der Waals surface area contributed by atoms with E-state index >= 15 is 0 Å². The molecule has 0 fully saturated rings. The number of phenols is 2. The highest BCUT2D eigenvalue weighted by Crippen LogP contribution is 2.34. The summed E-state index contributed by atoms with van der Waals surface area (Å²) in [5, 5.41) is 22.3. The average Bonchev–Trinajstić information content (AvgIpc) is 2.87. The van der Waals surface area contributed by atoms with Crippen molar-refractivity contribution in [2.75, 3.05) is 0 Å². The van der Waals surface area contributed by atoms with Crippen molar-refractivity contribution in [1.29, 1.82) is 0 Å². The van der Waals surface area contributed by atoms with Crippen LogP contribution in [0, 0.1) is 0 Å². The first-order valence-electron chi connectivity index (χ1n) is 7.15. The molecule has 3 aromatic heterocycles. The van der Waals surface area contributed by atoms with Crippen LogP contribution >= 0.6 is 0 Å². The van der Waals surface area contributed by atoms with Gasteiger partial charge in [0.1, 0.15) is 11.5 Å². The van der Waals surface area contributed by atoms with Crippen molar-refractivity contribution < 1.29 is 10.2 Å². The second-order valence-electron chi connectivity index (χ2n) is 5.63. The van der Waals surface area contributed by atoms with Gasteiger partial charge in [0.25, 0.3) is 5.56 Å². The van der Waals surface area contributed by atoms with Crippen molar-refractivity contribution in [3.63, 3.8) is 0 Å². The van der Waals surface area contributed by atoms with Crippen molar-refractivity contribution in [2.45, 2.75) is 0 Å². The highest BCUT2D eigenvalue weighted by Gasteiger charge is 2.18. The van der Waals surface area contributed by atoms with E-state index in [4.69, 9.17) is 0 Å². The van der Waals surface area contributed by atoms with Crippen LogP contribution < -0.4 is 5.56 Å². The number of aromatic nitrogens is 2. The molecule has 0 amide bonds. The van der Waals surface area contributed by atoms with Crippen LogP contribution in [-0.2, 0) is 0 Å². The molecule has 5 rings (SSSR count). The molecule has 0 spiro atoms. The highest BCUT2D eigenvalue weighted by atomic mass is 16.3. The summed E-state index contributed by atoms with van der Waals surface area (Å²) in [6.07, 6.45) is 1.68. The molecule has 5 nitrogen and oxygen atoms in total. The second-order valence-corrected chi connectivity index (χ2v) is 5.63. The predicted octanol–water partition coefficient (Wildman–Crippen LogP) is 3.00. The number of phenolic OH excluding ortho intramolecular Hbond substituents is 2. The van der Waals surface area contributed by atoms with Crippen LogP contribution in [0.25, 0.3) is 38.1 Å². The Morgan fingerprint density at radius 1 is 0.826 bits per heavy atom. The summed E-state index contributed by atoms with van der Waals surface area (Å²) in [4.78, 5) is 17.4. The van der Waals surface area contributed by atoms with E-state index in [9.17, 15) is 15.0 Å². The standard InChI is InChI=1S/C18H10N2O3/c21-9-1-3-12-14(8-9)16-17-11(5-6-19-16)13-7-10(22)2-4-15(13)20(17)18(12)23/h1-8,21-22H. The van der Waals surface area contributed by atoms with E-state index in [1.54, 1.807) is 40.9 Å².